The number of aryl methyl sites for hydroxylation is 1. The number of rotatable bonds is 2. The van der Waals surface area contributed by atoms with E-state index in [1.165, 1.54) is 8.87 Å². The maximum absolute atomic E-state index is 12.6. The van der Waals surface area contributed by atoms with Crippen LogP contribution < -0.4 is 5.69 Å². The van der Waals surface area contributed by atoms with Crippen LogP contribution in [-0.2, 0) is 23.1 Å². The van der Waals surface area contributed by atoms with E-state index in [1.807, 2.05) is 0 Å². The normalized spacial score (nSPS) is 16.1. The van der Waals surface area contributed by atoms with Gasteiger partial charge in [-0.15, -0.1) is 0 Å². The van der Waals surface area contributed by atoms with Crippen molar-refractivity contribution in [2.24, 2.45) is 0 Å². The Bertz CT molecular complexity index is 806. The third-order valence-electron chi connectivity index (χ3n) is 3.44. The third kappa shape index (κ3) is 1.97. The summed E-state index contributed by atoms with van der Waals surface area (Å²) in [6.45, 7) is 2.45. The molecule has 0 fully saturated rings. The average Bonchev–Trinajstić information content (AvgIpc) is 2.80. The molecule has 0 unspecified atom stereocenters. The minimum absolute atomic E-state index is 0.107. The first kappa shape index (κ1) is 13.1. The monoisotopic (exact) mass is 294 g/mol. The van der Waals surface area contributed by atoms with Crippen molar-refractivity contribution < 1.29 is 8.42 Å². The van der Waals surface area contributed by atoms with Gasteiger partial charge in [0.05, 0.1) is 11.4 Å². The molecule has 2 heterocycles. The first-order valence-electron chi connectivity index (χ1n) is 6.20. The van der Waals surface area contributed by atoms with E-state index in [2.05, 4.69) is 10.2 Å². The Morgan fingerprint density at radius 3 is 2.75 bits per heavy atom. The maximum Gasteiger partial charge on any atom is 0.343 e. The number of hydrogen-bond acceptors (Lipinski definition) is 4. The van der Waals surface area contributed by atoms with Crippen LogP contribution in [0.1, 0.15) is 11.4 Å². The van der Waals surface area contributed by atoms with Gasteiger partial charge in [-0.25, -0.2) is 18.3 Å². The molecule has 0 aliphatic carbocycles. The number of nitrogens with zero attached hydrogens (tertiary/aromatic N) is 3. The molecule has 7 nitrogen and oxygen atoms in total. The Hall–Kier alpha value is -1.93. The fourth-order valence-electron chi connectivity index (χ4n) is 2.34. The fraction of sp³-hybridized carbons (Fsp3) is 0.333. The summed E-state index contributed by atoms with van der Waals surface area (Å²) in [6, 6.07) is 6.86. The SMILES string of the molecule is Cc1ccccc1S(=O)(=O)N1CCn2c(n[nH]c2=O)C1. The zero-order valence-corrected chi connectivity index (χ0v) is 11.7. The van der Waals surface area contributed by atoms with Crippen LogP contribution in [-0.4, -0.2) is 34.0 Å². The van der Waals surface area contributed by atoms with Crippen molar-refractivity contribution in [2.75, 3.05) is 6.54 Å². The van der Waals surface area contributed by atoms with E-state index in [9.17, 15) is 13.2 Å². The van der Waals surface area contributed by atoms with Gasteiger partial charge in [-0.1, -0.05) is 18.2 Å². The molecule has 0 amide bonds. The fourth-order valence-corrected chi connectivity index (χ4v) is 3.95. The smallest absolute Gasteiger partial charge is 0.277 e. The van der Waals surface area contributed by atoms with Crippen molar-refractivity contribution in [1.82, 2.24) is 19.1 Å². The molecule has 3 rings (SSSR count). The molecule has 0 spiro atoms. The number of sulfonamides is 1. The Morgan fingerprint density at radius 2 is 2.00 bits per heavy atom. The van der Waals surface area contributed by atoms with Gasteiger partial charge in [0.15, 0.2) is 0 Å². The largest absolute Gasteiger partial charge is 0.343 e. The van der Waals surface area contributed by atoms with Crippen molar-refractivity contribution in [3.8, 4) is 0 Å². The number of fused-ring (bicyclic) bond motifs is 1. The van der Waals surface area contributed by atoms with E-state index in [0.717, 1.165) is 0 Å². The van der Waals surface area contributed by atoms with Crippen LogP contribution in [0.3, 0.4) is 0 Å². The van der Waals surface area contributed by atoms with Gasteiger partial charge in [0, 0.05) is 13.1 Å². The van der Waals surface area contributed by atoms with E-state index in [0.29, 0.717) is 22.8 Å². The zero-order chi connectivity index (χ0) is 14.3. The van der Waals surface area contributed by atoms with Gasteiger partial charge in [-0.05, 0) is 18.6 Å². The lowest BCUT2D eigenvalue weighted by Crippen LogP contribution is -2.40. The van der Waals surface area contributed by atoms with Crippen LogP contribution in [0.2, 0.25) is 0 Å². The van der Waals surface area contributed by atoms with Crippen LogP contribution >= 0.6 is 0 Å². The first-order valence-corrected chi connectivity index (χ1v) is 7.64. The molecule has 1 aromatic heterocycles. The predicted octanol–water partition coefficient (Wildman–Crippen LogP) is 0.0843. The van der Waals surface area contributed by atoms with Gasteiger partial charge in [0.2, 0.25) is 10.0 Å². The van der Waals surface area contributed by atoms with Gasteiger partial charge in [0.25, 0.3) is 0 Å². The lowest BCUT2D eigenvalue weighted by molar-refractivity contribution is 0.332. The van der Waals surface area contributed by atoms with Crippen molar-refractivity contribution >= 4 is 10.0 Å². The molecule has 0 saturated heterocycles. The molecule has 0 saturated carbocycles. The maximum atomic E-state index is 12.6. The van der Waals surface area contributed by atoms with Gasteiger partial charge in [-0.2, -0.15) is 9.40 Å². The first-order chi connectivity index (χ1) is 9.50. The molecule has 1 aliphatic heterocycles. The lowest BCUT2D eigenvalue weighted by atomic mass is 10.2. The van der Waals surface area contributed by atoms with Crippen LogP contribution in [0, 0.1) is 6.92 Å². The Kier molecular flexibility index (Phi) is 2.98. The van der Waals surface area contributed by atoms with Crippen molar-refractivity contribution in [3.05, 3.63) is 46.1 Å². The Morgan fingerprint density at radius 1 is 1.25 bits per heavy atom. The summed E-state index contributed by atoms with van der Waals surface area (Å²) in [5.41, 5.74) is 0.408. The highest BCUT2D eigenvalue weighted by Crippen LogP contribution is 2.22. The molecule has 1 N–H and O–H groups in total. The summed E-state index contributed by atoms with van der Waals surface area (Å²) in [4.78, 5) is 11.7. The molecular weight excluding hydrogens is 280 g/mol. The van der Waals surface area contributed by atoms with E-state index in [4.69, 9.17) is 0 Å². The number of aromatic nitrogens is 3. The topological polar surface area (TPSA) is 88.1 Å². The van der Waals surface area contributed by atoms with Gasteiger partial charge in [0.1, 0.15) is 5.82 Å². The number of benzene rings is 1. The molecule has 0 atom stereocenters. The molecule has 20 heavy (non-hydrogen) atoms. The van der Waals surface area contributed by atoms with Crippen LogP contribution in [0.4, 0.5) is 0 Å². The molecular formula is C12H14N4O3S. The molecule has 106 valence electrons. The van der Waals surface area contributed by atoms with Crippen LogP contribution in [0.25, 0.3) is 0 Å². The highest BCUT2D eigenvalue weighted by molar-refractivity contribution is 7.89. The molecule has 8 heteroatoms. The van der Waals surface area contributed by atoms with E-state index >= 15 is 0 Å². The number of hydrogen-bond donors (Lipinski definition) is 1. The second-order valence-corrected chi connectivity index (χ2v) is 6.61. The number of nitrogens with one attached hydrogen (secondary N) is 1. The summed E-state index contributed by atoms with van der Waals surface area (Å²) < 4.78 is 28.1. The standard InChI is InChI=1S/C12H14N4O3S/c1-9-4-2-3-5-10(9)20(18,19)15-6-7-16-11(8-15)13-14-12(16)17/h2-5H,6-8H2,1H3,(H,14,17). The summed E-state index contributed by atoms with van der Waals surface area (Å²) >= 11 is 0. The van der Waals surface area contributed by atoms with E-state index < -0.39 is 10.0 Å². The zero-order valence-electron chi connectivity index (χ0n) is 10.9. The van der Waals surface area contributed by atoms with Crippen molar-refractivity contribution in [3.63, 3.8) is 0 Å². The molecule has 0 bridgehead atoms. The van der Waals surface area contributed by atoms with E-state index in [1.54, 1.807) is 31.2 Å². The Balaban J connectivity index is 1.99. The summed E-state index contributed by atoms with van der Waals surface area (Å²) in [5.74, 6) is 0.443. The number of H-pyrrole nitrogens is 1. The molecule has 0 radical (unpaired) electrons. The highest BCUT2D eigenvalue weighted by Gasteiger charge is 2.30. The average molecular weight is 294 g/mol. The minimum atomic E-state index is -3.56. The van der Waals surface area contributed by atoms with Crippen molar-refractivity contribution in [2.45, 2.75) is 24.9 Å². The van der Waals surface area contributed by atoms with Crippen LogP contribution in [0.15, 0.2) is 34.0 Å². The quantitative estimate of drug-likeness (QED) is 0.850. The van der Waals surface area contributed by atoms with E-state index in [-0.39, 0.29) is 18.8 Å². The van der Waals surface area contributed by atoms with Gasteiger partial charge < -0.3 is 0 Å². The summed E-state index contributed by atoms with van der Waals surface area (Å²) in [5, 5.41) is 6.19. The van der Waals surface area contributed by atoms with Crippen molar-refractivity contribution in [1.29, 1.82) is 0 Å². The van der Waals surface area contributed by atoms with Gasteiger partial charge in [-0.3, -0.25) is 4.57 Å². The summed E-state index contributed by atoms with van der Waals surface area (Å²) in [6.07, 6.45) is 0. The minimum Gasteiger partial charge on any atom is -0.277 e. The Labute approximate surface area is 115 Å². The van der Waals surface area contributed by atoms with Crippen LogP contribution in [0.5, 0.6) is 0 Å². The molecule has 1 aromatic carbocycles. The summed E-state index contributed by atoms with van der Waals surface area (Å²) in [7, 11) is -3.56. The van der Waals surface area contributed by atoms with Gasteiger partial charge >= 0.3 is 5.69 Å². The second kappa shape index (κ2) is 4.57. The highest BCUT2D eigenvalue weighted by atomic mass is 32.2. The third-order valence-corrected chi connectivity index (χ3v) is 5.44. The lowest BCUT2D eigenvalue weighted by Gasteiger charge is -2.26. The molecule has 1 aliphatic rings. The number of aromatic amines is 1. The molecule has 2 aromatic rings. The predicted molar refractivity (Wildman–Crippen MR) is 71.6 cm³/mol. The second-order valence-electron chi connectivity index (χ2n) is 4.70.